The van der Waals surface area contributed by atoms with Crippen LogP contribution in [0.15, 0.2) is 18.2 Å². The van der Waals surface area contributed by atoms with Gasteiger partial charge in [0.1, 0.15) is 5.56 Å². The lowest BCUT2D eigenvalue weighted by Crippen LogP contribution is -1.97. The quantitative estimate of drug-likeness (QED) is 0.454. The maximum absolute atomic E-state index is 10.4. The minimum atomic E-state index is -1.29. The maximum atomic E-state index is 10.4. The molecular weight excluding hydrogens is 164 g/mol. The number of benzene rings is 1. The molecule has 0 bridgehead atoms. The number of hydrogen-bond acceptors (Lipinski definition) is 4. The van der Waals surface area contributed by atoms with Gasteiger partial charge in [0.2, 0.25) is 5.75 Å². The molecule has 0 unspecified atom stereocenters. The van der Waals surface area contributed by atoms with Crippen LogP contribution in [0.2, 0.25) is 0 Å². The van der Waals surface area contributed by atoms with Gasteiger partial charge in [0.05, 0.1) is 0 Å². The van der Waals surface area contributed by atoms with Crippen molar-refractivity contribution in [3.63, 3.8) is 0 Å². The Morgan fingerprint density at radius 1 is 1.42 bits per heavy atom. The molecule has 5 nitrogen and oxygen atoms in total. The van der Waals surface area contributed by atoms with Gasteiger partial charge in [-0.2, -0.15) is 0 Å². The summed E-state index contributed by atoms with van der Waals surface area (Å²) in [5.74, 6) is -2.16. The van der Waals surface area contributed by atoms with Crippen molar-refractivity contribution in [3.05, 3.63) is 23.8 Å². The standard InChI is InChI=1S/C7H6O5/c8-6-4(7(9)10)2-1-3-5(6)12-11/h1-3,8,11H,(H,9,10). The van der Waals surface area contributed by atoms with Crippen molar-refractivity contribution >= 4 is 5.97 Å². The maximum Gasteiger partial charge on any atom is 0.339 e. The molecule has 1 rings (SSSR count). The summed E-state index contributed by atoms with van der Waals surface area (Å²) in [5.41, 5.74) is -0.318. The summed E-state index contributed by atoms with van der Waals surface area (Å²) >= 11 is 0. The SMILES string of the molecule is O=C(O)c1cccc(OO)c1O. The van der Waals surface area contributed by atoms with Crippen molar-refractivity contribution in [2.24, 2.45) is 0 Å². The lowest BCUT2D eigenvalue weighted by Gasteiger charge is -2.02. The largest absolute Gasteiger partial charge is 0.504 e. The topological polar surface area (TPSA) is 87.0 Å². The Balaban J connectivity index is 3.23. The molecule has 0 spiro atoms. The van der Waals surface area contributed by atoms with E-state index in [4.69, 9.17) is 15.5 Å². The van der Waals surface area contributed by atoms with Gasteiger partial charge in [0, 0.05) is 0 Å². The summed E-state index contributed by atoms with van der Waals surface area (Å²) in [6, 6.07) is 3.77. The van der Waals surface area contributed by atoms with E-state index in [1.165, 1.54) is 18.2 Å². The van der Waals surface area contributed by atoms with Crippen LogP contribution in [0.3, 0.4) is 0 Å². The van der Waals surface area contributed by atoms with E-state index in [1.54, 1.807) is 0 Å². The average Bonchev–Trinajstić information content (AvgIpc) is 2.04. The van der Waals surface area contributed by atoms with Crippen LogP contribution in [0.1, 0.15) is 10.4 Å². The number of rotatable bonds is 2. The van der Waals surface area contributed by atoms with E-state index in [9.17, 15) is 4.79 Å². The Labute approximate surface area is 67.4 Å². The molecule has 1 aromatic carbocycles. The van der Waals surface area contributed by atoms with Crippen molar-refractivity contribution < 1.29 is 25.2 Å². The van der Waals surface area contributed by atoms with Gasteiger partial charge < -0.3 is 15.1 Å². The number of phenols is 1. The van der Waals surface area contributed by atoms with Crippen LogP contribution in [0.4, 0.5) is 0 Å². The van der Waals surface area contributed by atoms with Crippen LogP contribution in [-0.2, 0) is 0 Å². The number of carboxylic acid groups (broad SMARTS) is 1. The lowest BCUT2D eigenvalue weighted by atomic mass is 10.2. The van der Waals surface area contributed by atoms with Gasteiger partial charge in [0.15, 0.2) is 5.75 Å². The number of para-hydroxylation sites is 1. The van der Waals surface area contributed by atoms with Gasteiger partial charge in [0.25, 0.3) is 0 Å². The van der Waals surface area contributed by atoms with Gasteiger partial charge in [-0.05, 0) is 12.1 Å². The molecule has 0 heterocycles. The molecule has 1 aromatic rings. The third kappa shape index (κ3) is 1.30. The highest BCUT2D eigenvalue weighted by Gasteiger charge is 2.13. The lowest BCUT2D eigenvalue weighted by molar-refractivity contribution is -0.139. The zero-order valence-corrected chi connectivity index (χ0v) is 5.89. The molecule has 5 heteroatoms. The molecule has 0 aliphatic rings. The zero-order chi connectivity index (χ0) is 9.14. The van der Waals surface area contributed by atoms with Crippen LogP contribution in [0.25, 0.3) is 0 Å². The number of aromatic hydroxyl groups is 1. The highest BCUT2D eigenvalue weighted by Crippen LogP contribution is 2.28. The van der Waals surface area contributed by atoms with Crippen LogP contribution < -0.4 is 4.89 Å². The summed E-state index contributed by atoms with van der Waals surface area (Å²) < 4.78 is 0. The molecule has 0 saturated heterocycles. The normalized spacial score (nSPS) is 9.42. The first-order chi connectivity index (χ1) is 5.66. The molecule has 0 aromatic heterocycles. The van der Waals surface area contributed by atoms with Gasteiger partial charge in [-0.15, -0.1) is 0 Å². The summed E-state index contributed by atoms with van der Waals surface area (Å²) in [6.07, 6.45) is 0. The van der Waals surface area contributed by atoms with Gasteiger partial charge in [-0.1, -0.05) is 6.07 Å². The summed E-state index contributed by atoms with van der Waals surface area (Å²) in [5, 5.41) is 25.8. The van der Waals surface area contributed by atoms with Crippen molar-refractivity contribution in [2.45, 2.75) is 0 Å². The van der Waals surface area contributed by atoms with E-state index in [2.05, 4.69) is 4.89 Å². The number of hydrogen-bond donors (Lipinski definition) is 3. The second kappa shape index (κ2) is 3.10. The average molecular weight is 170 g/mol. The number of carboxylic acids is 1. The van der Waals surface area contributed by atoms with Crippen molar-refractivity contribution in [2.75, 3.05) is 0 Å². The molecule has 0 atom stereocenters. The van der Waals surface area contributed by atoms with Crippen molar-refractivity contribution in [1.82, 2.24) is 0 Å². The highest BCUT2D eigenvalue weighted by molar-refractivity contribution is 5.91. The molecule has 3 N–H and O–H groups in total. The summed E-state index contributed by atoms with van der Waals surface area (Å²) in [7, 11) is 0. The van der Waals surface area contributed by atoms with E-state index >= 15 is 0 Å². The van der Waals surface area contributed by atoms with E-state index in [1.807, 2.05) is 0 Å². The summed E-state index contributed by atoms with van der Waals surface area (Å²) in [6.45, 7) is 0. The summed E-state index contributed by atoms with van der Waals surface area (Å²) in [4.78, 5) is 14.1. The molecule has 0 radical (unpaired) electrons. The smallest absolute Gasteiger partial charge is 0.339 e. The highest BCUT2D eigenvalue weighted by atomic mass is 17.1. The Morgan fingerprint density at radius 2 is 2.08 bits per heavy atom. The zero-order valence-electron chi connectivity index (χ0n) is 5.89. The first-order valence-corrected chi connectivity index (χ1v) is 3.03. The Kier molecular flexibility index (Phi) is 2.16. The fourth-order valence-corrected chi connectivity index (χ4v) is 0.769. The predicted octanol–water partition coefficient (Wildman–Crippen LogP) is 0.942. The second-order valence-electron chi connectivity index (χ2n) is 2.05. The molecule has 12 heavy (non-hydrogen) atoms. The Bertz CT molecular complexity index is 307. The van der Waals surface area contributed by atoms with Crippen molar-refractivity contribution in [3.8, 4) is 11.5 Å². The van der Waals surface area contributed by atoms with Crippen LogP contribution >= 0.6 is 0 Å². The molecule has 0 saturated carbocycles. The first-order valence-electron chi connectivity index (χ1n) is 3.03. The van der Waals surface area contributed by atoms with Crippen molar-refractivity contribution in [1.29, 1.82) is 0 Å². The third-order valence-electron chi connectivity index (χ3n) is 1.33. The molecular formula is C7H6O5. The molecule has 0 aliphatic carbocycles. The van der Waals surface area contributed by atoms with Crippen LogP contribution in [-0.4, -0.2) is 21.4 Å². The molecule has 0 amide bonds. The van der Waals surface area contributed by atoms with Crippen LogP contribution in [0.5, 0.6) is 11.5 Å². The molecule has 0 fully saturated rings. The molecule has 64 valence electrons. The fraction of sp³-hybridized carbons (Fsp3) is 0. The second-order valence-corrected chi connectivity index (χ2v) is 2.05. The van der Waals surface area contributed by atoms with E-state index < -0.39 is 11.7 Å². The monoisotopic (exact) mass is 170 g/mol. The Morgan fingerprint density at radius 3 is 2.58 bits per heavy atom. The van der Waals surface area contributed by atoms with E-state index in [0.717, 1.165) is 0 Å². The number of carbonyl (C=O) groups is 1. The minimum Gasteiger partial charge on any atom is -0.504 e. The van der Waals surface area contributed by atoms with Gasteiger partial charge >= 0.3 is 5.97 Å². The third-order valence-corrected chi connectivity index (χ3v) is 1.33. The first kappa shape index (κ1) is 8.35. The van der Waals surface area contributed by atoms with Gasteiger partial charge in [-0.3, -0.25) is 0 Å². The van der Waals surface area contributed by atoms with Crippen LogP contribution in [0, 0.1) is 0 Å². The van der Waals surface area contributed by atoms with Gasteiger partial charge in [-0.25, -0.2) is 10.1 Å². The van der Waals surface area contributed by atoms with E-state index in [-0.39, 0.29) is 11.3 Å². The fourth-order valence-electron chi connectivity index (χ4n) is 0.769. The predicted molar refractivity (Wildman–Crippen MR) is 38.3 cm³/mol. The Hall–Kier alpha value is -1.75. The minimum absolute atomic E-state index is 0.282. The molecule has 0 aliphatic heterocycles. The number of aromatic carboxylic acids is 1. The van der Waals surface area contributed by atoms with E-state index in [0.29, 0.717) is 0 Å².